The average Bonchev–Trinajstić information content (AvgIpc) is 2.73. The van der Waals surface area contributed by atoms with Crippen LogP contribution in [0.25, 0.3) is 27.6 Å². The number of fused-ring (bicyclic) bond motifs is 2. The molecular weight excluding hydrogens is 413 g/mol. The van der Waals surface area contributed by atoms with E-state index in [0.29, 0.717) is 15.9 Å². The fraction of sp³-hybridized carbons (Fsp3) is 0. The zero-order valence-corrected chi connectivity index (χ0v) is 17.5. The molecule has 5 heteroatoms. The molecule has 4 aromatic rings. The van der Waals surface area contributed by atoms with E-state index in [1.165, 1.54) is 0 Å². The van der Waals surface area contributed by atoms with Crippen LogP contribution in [-0.2, 0) is 0 Å². The molecule has 146 valence electrons. The van der Waals surface area contributed by atoms with Crippen molar-refractivity contribution in [3.05, 3.63) is 108 Å². The number of rotatable bonds is 2. The van der Waals surface area contributed by atoms with Crippen molar-refractivity contribution < 1.29 is 0 Å². The third kappa shape index (κ3) is 3.13. The van der Waals surface area contributed by atoms with Gasteiger partial charge in [-0.05, 0) is 35.4 Å². The van der Waals surface area contributed by atoms with E-state index in [-0.39, 0.29) is 0 Å². The van der Waals surface area contributed by atoms with Gasteiger partial charge in [-0.1, -0.05) is 72.8 Å². The molecule has 0 saturated carbocycles. The van der Waals surface area contributed by atoms with Crippen LogP contribution < -0.4 is 10.2 Å². The molecule has 0 saturated heterocycles. The molecule has 3 aromatic carbocycles. The first-order valence-corrected chi connectivity index (χ1v) is 10.2. The standard InChI is InChI=1S/C25H17Cl2N3/c1-15-22-8-7-17(19-9-20(26)12-21(27)10-19)11-24(22)29-16(2)30(15)25-14-28-13-18-5-3-4-6-23(18)25/h3-14,29H,1-2H2. The minimum atomic E-state index is 0.603. The first-order chi connectivity index (χ1) is 14.5. The van der Waals surface area contributed by atoms with Crippen LogP contribution in [0.3, 0.4) is 0 Å². The van der Waals surface area contributed by atoms with Crippen LogP contribution in [0, 0.1) is 0 Å². The zero-order valence-electron chi connectivity index (χ0n) is 16.0. The zero-order chi connectivity index (χ0) is 20.8. The second kappa shape index (κ2) is 7.21. The molecular formula is C25H17Cl2N3. The van der Waals surface area contributed by atoms with Gasteiger partial charge in [0.05, 0.1) is 11.9 Å². The number of hydrogen-bond donors (Lipinski definition) is 1. The van der Waals surface area contributed by atoms with E-state index in [1.807, 2.05) is 59.8 Å². The lowest BCUT2D eigenvalue weighted by atomic mass is 9.98. The highest BCUT2D eigenvalue weighted by Crippen LogP contribution is 2.41. The van der Waals surface area contributed by atoms with Gasteiger partial charge in [0.25, 0.3) is 0 Å². The molecule has 0 unspecified atom stereocenters. The number of pyridine rings is 1. The molecule has 30 heavy (non-hydrogen) atoms. The van der Waals surface area contributed by atoms with Crippen LogP contribution in [0.5, 0.6) is 0 Å². The highest BCUT2D eigenvalue weighted by atomic mass is 35.5. The Labute approximate surface area is 184 Å². The number of halogens is 2. The van der Waals surface area contributed by atoms with Gasteiger partial charge in [-0.25, -0.2) is 0 Å². The molecule has 2 heterocycles. The molecule has 0 aliphatic carbocycles. The minimum Gasteiger partial charge on any atom is -0.341 e. The average molecular weight is 430 g/mol. The summed E-state index contributed by atoms with van der Waals surface area (Å²) < 4.78 is 0. The summed E-state index contributed by atoms with van der Waals surface area (Å²) in [6, 6.07) is 19.8. The third-order valence-corrected chi connectivity index (χ3v) is 5.67. The molecule has 5 rings (SSSR count). The largest absolute Gasteiger partial charge is 0.341 e. The summed E-state index contributed by atoms with van der Waals surface area (Å²) >= 11 is 12.4. The van der Waals surface area contributed by atoms with E-state index in [9.17, 15) is 0 Å². The molecule has 0 bridgehead atoms. The molecule has 1 aromatic heterocycles. The third-order valence-electron chi connectivity index (χ3n) is 5.23. The van der Waals surface area contributed by atoms with Gasteiger partial charge in [-0.3, -0.25) is 9.88 Å². The summed E-state index contributed by atoms with van der Waals surface area (Å²) in [5, 5.41) is 6.78. The van der Waals surface area contributed by atoms with E-state index in [0.717, 1.165) is 44.5 Å². The molecule has 0 amide bonds. The van der Waals surface area contributed by atoms with Crippen molar-refractivity contribution in [1.29, 1.82) is 0 Å². The van der Waals surface area contributed by atoms with E-state index in [2.05, 4.69) is 35.6 Å². The molecule has 0 spiro atoms. The predicted octanol–water partition coefficient (Wildman–Crippen LogP) is 7.58. The van der Waals surface area contributed by atoms with Crippen molar-refractivity contribution in [2.24, 2.45) is 0 Å². The first-order valence-electron chi connectivity index (χ1n) is 9.40. The molecule has 3 nitrogen and oxygen atoms in total. The maximum absolute atomic E-state index is 6.18. The van der Waals surface area contributed by atoms with Gasteiger partial charge in [0.2, 0.25) is 0 Å². The topological polar surface area (TPSA) is 28.2 Å². The summed E-state index contributed by atoms with van der Waals surface area (Å²) in [5.41, 5.74) is 5.66. The summed E-state index contributed by atoms with van der Waals surface area (Å²) in [5.74, 6) is 0.715. The molecule has 0 radical (unpaired) electrons. The smallest absolute Gasteiger partial charge is 0.108 e. The highest BCUT2D eigenvalue weighted by molar-refractivity contribution is 6.35. The van der Waals surface area contributed by atoms with Crippen molar-refractivity contribution in [2.75, 3.05) is 10.2 Å². The number of aromatic nitrogens is 1. The Hall–Kier alpha value is -3.27. The van der Waals surface area contributed by atoms with E-state index < -0.39 is 0 Å². The lowest BCUT2D eigenvalue weighted by Gasteiger charge is -2.35. The van der Waals surface area contributed by atoms with Gasteiger partial charge < -0.3 is 5.32 Å². The Bertz CT molecular complexity index is 1320. The van der Waals surface area contributed by atoms with Crippen molar-refractivity contribution in [3.63, 3.8) is 0 Å². The van der Waals surface area contributed by atoms with Crippen molar-refractivity contribution >= 4 is 51.0 Å². The van der Waals surface area contributed by atoms with Gasteiger partial charge >= 0.3 is 0 Å². The molecule has 1 aliphatic rings. The van der Waals surface area contributed by atoms with Crippen LogP contribution in [0.1, 0.15) is 5.56 Å². The van der Waals surface area contributed by atoms with Gasteiger partial charge in [0.15, 0.2) is 0 Å². The number of nitrogens with zero attached hydrogens (tertiary/aromatic N) is 2. The fourth-order valence-corrected chi connectivity index (χ4v) is 4.39. The van der Waals surface area contributed by atoms with Crippen LogP contribution in [-0.4, -0.2) is 4.98 Å². The van der Waals surface area contributed by atoms with Crippen molar-refractivity contribution in [2.45, 2.75) is 0 Å². The Morgan fingerprint density at radius 2 is 1.60 bits per heavy atom. The highest BCUT2D eigenvalue weighted by Gasteiger charge is 2.25. The second-order valence-corrected chi connectivity index (χ2v) is 8.02. The van der Waals surface area contributed by atoms with Crippen LogP contribution in [0.4, 0.5) is 11.4 Å². The number of benzene rings is 3. The lowest BCUT2D eigenvalue weighted by molar-refractivity contribution is 1.14. The minimum absolute atomic E-state index is 0.603. The molecule has 0 fully saturated rings. The Kier molecular flexibility index (Phi) is 4.50. The van der Waals surface area contributed by atoms with Gasteiger partial charge in [-0.2, -0.15) is 0 Å². The predicted molar refractivity (Wildman–Crippen MR) is 128 cm³/mol. The summed E-state index contributed by atoms with van der Waals surface area (Å²) in [4.78, 5) is 6.41. The van der Waals surface area contributed by atoms with E-state index in [1.54, 1.807) is 6.07 Å². The SMILES string of the molecule is C=C1Nc2cc(-c3cc(Cl)cc(Cl)c3)ccc2C(=C)N1c1cncc2ccccc12. The van der Waals surface area contributed by atoms with Gasteiger partial charge in [-0.15, -0.1) is 0 Å². The maximum atomic E-state index is 6.18. The quantitative estimate of drug-likeness (QED) is 0.355. The van der Waals surface area contributed by atoms with Crippen LogP contribution in [0.15, 0.2) is 92.0 Å². The molecule has 0 atom stereocenters. The Morgan fingerprint density at radius 1 is 0.833 bits per heavy atom. The summed E-state index contributed by atoms with van der Waals surface area (Å²) in [6.45, 7) is 8.60. The molecule has 1 aliphatic heterocycles. The Balaban J connectivity index is 1.59. The van der Waals surface area contributed by atoms with Gasteiger partial charge in [0, 0.05) is 44.0 Å². The fourth-order valence-electron chi connectivity index (χ4n) is 3.86. The number of anilines is 2. The Morgan fingerprint density at radius 3 is 2.40 bits per heavy atom. The second-order valence-electron chi connectivity index (χ2n) is 7.15. The lowest BCUT2D eigenvalue weighted by Crippen LogP contribution is -2.29. The molecule has 1 N–H and O–H groups in total. The monoisotopic (exact) mass is 429 g/mol. The summed E-state index contributed by atoms with van der Waals surface area (Å²) in [6.07, 6.45) is 3.70. The number of hydrogen-bond acceptors (Lipinski definition) is 3. The van der Waals surface area contributed by atoms with E-state index in [4.69, 9.17) is 23.2 Å². The van der Waals surface area contributed by atoms with Crippen LogP contribution >= 0.6 is 23.2 Å². The normalized spacial score (nSPS) is 13.3. The number of nitrogens with one attached hydrogen (secondary N) is 1. The van der Waals surface area contributed by atoms with Crippen molar-refractivity contribution in [1.82, 2.24) is 4.98 Å². The van der Waals surface area contributed by atoms with Crippen LogP contribution in [0.2, 0.25) is 10.0 Å². The van der Waals surface area contributed by atoms with Gasteiger partial charge in [0.1, 0.15) is 5.82 Å². The summed E-state index contributed by atoms with van der Waals surface area (Å²) in [7, 11) is 0. The van der Waals surface area contributed by atoms with E-state index >= 15 is 0 Å². The first kappa shape index (κ1) is 18.7. The van der Waals surface area contributed by atoms with Crippen molar-refractivity contribution in [3.8, 4) is 11.1 Å². The maximum Gasteiger partial charge on any atom is 0.108 e.